The molecule has 6 heteroatoms. The molecule has 0 unspecified atom stereocenters. The van der Waals surface area contributed by atoms with Gasteiger partial charge in [-0.3, -0.25) is 9.59 Å². The lowest BCUT2D eigenvalue weighted by Gasteiger charge is -2.42. The lowest BCUT2D eigenvalue weighted by Crippen LogP contribution is -2.49. The Labute approximate surface area is 244 Å². The van der Waals surface area contributed by atoms with E-state index in [4.69, 9.17) is 0 Å². The maximum absolute atomic E-state index is 14.2. The molecule has 2 fully saturated rings. The molecule has 42 heavy (non-hydrogen) atoms. The van der Waals surface area contributed by atoms with Crippen LogP contribution in [0.4, 0.5) is 13.2 Å². The molecule has 0 radical (unpaired) electrons. The molecule has 4 aromatic rings. The van der Waals surface area contributed by atoms with E-state index in [0.29, 0.717) is 37.4 Å². The monoisotopic (exact) mass is 567 g/mol. The van der Waals surface area contributed by atoms with Crippen molar-refractivity contribution in [1.29, 1.82) is 0 Å². The zero-order valence-corrected chi connectivity index (χ0v) is 23.2. The van der Waals surface area contributed by atoms with E-state index in [1.807, 2.05) is 18.2 Å². The molecule has 6 rings (SSSR count). The SMILES string of the molecule is O=C(c1ccc(-c2ccc(F)cc2)cc1)N1CCC(C(=O)C[C@H](c2cccc(F)c2)C2CC2)(c2ccc(F)cc2)CC1. The van der Waals surface area contributed by atoms with Crippen LogP contribution in [0.1, 0.15) is 59.5 Å². The molecule has 0 aromatic heterocycles. The van der Waals surface area contributed by atoms with Gasteiger partial charge < -0.3 is 4.90 Å². The number of likely N-dealkylation sites (tertiary alicyclic amines) is 1. The highest BCUT2D eigenvalue weighted by Gasteiger charge is 2.45. The standard InChI is InChI=1S/C36H32F3NO2/c37-30-14-10-25(11-15-30)24-4-8-27(9-5-24)35(42)40-20-18-36(19-21-40,29-12-16-31(38)17-13-29)34(41)23-33(26-6-7-26)28-2-1-3-32(39)22-28/h1-5,8-17,22,26,33H,6-7,18-21,23H2/t33-/m0/s1. The molecule has 2 aliphatic rings. The molecule has 0 bridgehead atoms. The number of rotatable bonds is 8. The van der Waals surface area contributed by atoms with Crippen molar-refractivity contribution in [3.63, 3.8) is 0 Å². The third-order valence-electron chi connectivity index (χ3n) is 9.02. The van der Waals surface area contributed by atoms with Crippen LogP contribution < -0.4 is 0 Å². The Morgan fingerprint density at radius 1 is 0.738 bits per heavy atom. The average Bonchev–Trinajstić information content (AvgIpc) is 3.86. The number of piperidine rings is 1. The van der Waals surface area contributed by atoms with Crippen LogP contribution in [0.25, 0.3) is 11.1 Å². The molecule has 1 aliphatic heterocycles. The summed E-state index contributed by atoms with van der Waals surface area (Å²) in [5.41, 5.74) is 3.04. The summed E-state index contributed by atoms with van der Waals surface area (Å²) in [6.45, 7) is 0.769. The van der Waals surface area contributed by atoms with Crippen LogP contribution >= 0.6 is 0 Å². The molecule has 1 amide bonds. The smallest absolute Gasteiger partial charge is 0.253 e. The van der Waals surface area contributed by atoms with E-state index < -0.39 is 5.41 Å². The Balaban J connectivity index is 1.21. The molecule has 4 aromatic carbocycles. The minimum Gasteiger partial charge on any atom is -0.339 e. The molecule has 1 heterocycles. The Morgan fingerprint density at radius 3 is 1.88 bits per heavy atom. The largest absolute Gasteiger partial charge is 0.339 e. The van der Waals surface area contributed by atoms with Gasteiger partial charge >= 0.3 is 0 Å². The fourth-order valence-electron chi connectivity index (χ4n) is 6.41. The number of hydrogen-bond acceptors (Lipinski definition) is 2. The second-order valence-electron chi connectivity index (χ2n) is 11.6. The lowest BCUT2D eigenvalue weighted by atomic mass is 9.67. The Kier molecular flexibility index (Phi) is 7.72. The van der Waals surface area contributed by atoms with Gasteiger partial charge in [-0.1, -0.05) is 48.5 Å². The summed E-state index contributed by atoms with van der Waals surface area (Å²) in [6, 6.07) is 26.1. The van der Waals surface area contributed by atoms with Crippen LogP contribution in [0.2, 0.25) is 0 Å². The van der Waals surface area contributed by atoms with Crippen molar-refractivity contribution in [2.75, 3.05) is 13.1 Å². The van der Waals surface area contributed by atoms with Crippen molar-refractivity contribution in [3.8, 4) is 11.1 Å². The first-order chi connectivity index (χ1) is 20.3. The third-order valence-corrected chi connectivity index (χ3v) is 9.02. The third kappa shape index (κ3) is 5.76. The molecule has 1 aliphatic carbocycles. The first-order valence-electron chi connectivity index (χ1n) is 14.5. The van der Waals surface area contributed by atoms with E-state index in [1.54, 1.807) is 47.4 Å². The number of hydrogen-bond donors (Lipinski definition) is 0. The molecular weight excluding hydrogens is 535 g/mol. The Morgan fingerprint density at radius 2 is 1.31 bits per heavy atom. The van der Waals surface area contributed by atoms with Crippen LogP contribution in [-0.2, 0) is 10.2 Å². The highest BCUT2D eigenvalue weighted by molar-refractivity contribution is 5.96. The van der Waals surface area contributed by atoms with Crippen molar-refractivity contribution >= 4 is 11.7 Å². The van der Waals surface area contributed by atoms with Crippen molar-refractivity contribution in [3.05, 3.63) is 131 Å². The number of carbonyl (C=O) groups is 2. The van der Waals surface area contributed by atoms with Crippen LogP contribution in [0.15, 0.2) is 97.1 Å². The summed E-state index contributed by atoms with van der Waals surface area (Å²) in [4.78, 5) is 29.5. The molecule has 1 atom stereocenters. The van der Waals surface area contributed by atoms with Crippen molar-refractivity contribution in [2.24, 2.45) is 5.92 Å². The lowest BCUT2D eigenvalue weighted by molar-refractivity contribution is -0.126. The second kappa shape index (κ2) is 11.6. The van der Waals surface area contributed by atoms with Crippen molar-refractivity contribution in [2.45, 2.75) is 43.4 Å². The summed E-state index contributed by atoms with van der Waals surface area (Å²) in [6.07, 6.45) is 3.17. The zero-order valence-electron chi connectivity index (χ0n) is 23.2. The van der Waals surface area contributed by atoms with E-state index in [0.717, 1.165) is 35.1 Å². The summed E-state index contributed by atoms with van der Waals surface area (Å²) < 4.78 is 41.3. The zero-order chi connectivity index (χ0) is 29.3. The number of halogens is 3. The summed E-state index contributed by atoms with van der Waals surface area (Å²) in [5, 5.41) is 0. The molecule has 1 saturated carbocycles. The van der Waals surface area contributed by atoms with Gasteiger partial charge in [0.05, 0.1) is 5.41 Å². The van der Waals surface area contributed by atoms with Crippen molar-refractivity contribution < 1.29 is 22.8 Å². The quantitative estimate of drug-likeness (QED) is 0.216. The van der Waals surface area contributed by atoms with Gasteiger partial charge in [-0.05, 0) is 108 Å². The van der Waals surface area contributed by atoms with Crippen LogP contribution in [0.5, 0.6) is 0 Å². The number of Topliss-reactive ketones (excluding diaryl/α,β-unsaturated/α-hetero) is 1. The molecule has 0 spiro atoms. The van der Waals surface area contributed by atoms with Gasteiger partial charge in [0, 0.05) is 25.1 Å². The summed E-state index contributed by atoms with van der Waals surface area (Å²) in [5.74, 6) is -0.749. The average molecular weight is 568 g/mol. The van der Waals surface area contributed by atoms with E-state index in [-0.39, 0.29) is 41.5 Å². The summed E-state index contributed by atoms with van der Waals surface area (Å²) in [7, 11) is 0. The maximum atomic E-state index is 14.2. The highest BCUT2D eigenvalue weighted by Crippen LogP contribution is 2.47. The molecule has 214 valence electrons. The fourth-order valence-corrected chi connectivity index (χ4v) is 6.41. The predicted molar refractivity (Wildman–Crippen MR) is 157 cm³/mol. The Hall–Kier alpha value is -4.19. The van der Waals surface area contributed by atoms with Gasteiger partial charge in [-0.15, -0.1) is 0 Å². The molecular formula is C36H32F3NO2. The predicted octanol–water partition coefficient (Wildman–Crippen LogP) is 8.10. The van der Waals surface area contributed by atoms with Crippen molar-refractivity contribution in [1.82, 2.24) is 4.90 Å². The molecule has 0 N–H and O–H groups in total. The number of nitrogens with zero attached hydrogens (tertiary/aromatic N) is 1. The molecule has 1 saturated heterocycles. The van der Waals surface area contributed by atoms with E-state index in [2.05, 4.69) is 0 Å². The van der Waals surface area contributed by atoms with Gasteiger partial charge in [-0.2, -0.15) is 0 Å². The van der Waals surface area contributed by atoms with Crippen LogP contribution in [-0.4, -0.2) is 29.7 Å². The Bertz CT molecular complexity index is 1570. The van der Waals surface area contributed by atoms with Gasteiger partial charge in [0.25, 0.3) is 5.91 Å². The fraction of sp³-hybridized carbons (Fsp3) is 0.278. The topological polar surface area (TPSA) is 37.4 Å². The highest BCUT2D eigenvalue weighted by atomic mass is 19.1. The minimum atomic E-state index is -0.850. The molecule has 3 nitrogen and oxygen atoms in total. The maximum Gasteiger partial charge on any atom is 0.253 e. The summed E-state index contributed by atoms with van der Waals surface area (Å²) >= 11 is 0. The van der Waals surface area contributed by atoms with Gasteiger partial charge in [0.15, 0.2) is 0 Å². The van der Waals surface area contributed by atoms with Gasteiger partial charge in [0.2, 0.25) is 0 Å². The first-order valence-corrected chi connectivity index (χ1v) is 14.5. The number of amides is 1. The van der Waals surface area contributed by atoms with Crippen LogP contribution in [0, 0.1) is 23.4 Å². The van der Waals surface area contributed by atoms with Crippen LogP contribution in [0.3, 0.4) is 0 Å². The van der Waals surface area contributed by atoms with E-state index in [1.165, 1.54) is 36.4 Å². The van der Waals surface area contributed by atoms with Gasteiger partial charge in [0.1, 0.15) is 23.2 Å². The number of carbonyl (C=O) groups excluding carboxylic acids is 2. The van der Waals surface area contributed by atoms with E-state index in [9.17, 15) is 22.8 Å². The number of benzene rings is 4. The second-order valence-corrected chi connectivity index (χ2v) is 11.6. The number of ketones is 1. The normalized spacial score (nSPS) is 17.1. The van der Waals surface area contributed by atoms with Gasteiger partial charge in [-0.25, -0.2) is 13.2 Å². The minimum absolute atomic E-state index is 0.0611. The van der Waals surface area contributed by atoms with E-state index >= 15 is 0 Å². The first kappa shape index (κ1) is 28.0.